The molecule has 88 valence electrons. The lowest BCUT2D eigenvalue weighted by atomic mass is 10.4. The minimum Gasteiger partial charge on any atom is -0.341 e. The fraction of sp³-hybridized carbons (Fsp3) is 0.900. The van der Waals surface area contributed by atoms with Gasteiger partial charge in [0, 0.05) is 19.6 Å². The third-order valence-electron chi connectivity index (χ3n) is 2.41. The Labute approximate surface area is 96.0 Å². The summed E-state index contributed by atoms with van der Waals surface area (Å²) >= 11 is 1.69. The number of nitrogens with two attached hydrogens (primary N) is 1. The Morgan fingerprint density at radius 1 is 1.40 bits per heavy atom. The Morgan fingerprint density at radius 2 is 2.27 bits per heavy atom. The number of carbonyl (C=O) groups is 1. The van der Waals surface area contributed by atoms with Gasteiger partial charge in [-0.15, -0.1) is 0 Å². The molecular formula is C10H21N3OS. The van der Waals surface area contributed by atoms with Crippen molar-refractivity contribution in [2.24, 2.45) is 5.73 Å². The molecule has 0 aromatic heterocycles. The van der Waals surface area contributed by atoms with Crippen LogP contribution in [-0.2, 0) is 4.79 Å². The molecule has 0 spiro atoms. The Morgan fingerprint density at radius 3 is 3.07 bits per heavy atom. The van der Waals surface area contributed by atoms with Crippen LogP contribution in [0.15, 0.2) is 0 Å². The van der Waals surface area contributed by atoms with Gasteiger partial charge in [-0.2, -0.15) is 11.8 Å². The van der Waals surface area contributed by atoms with E-state index in [4.69, 9.17) is 5.73 Å². The first kappa shape index (κ1) is 12.8. The second kappa shape index (κ2) is 7.96. The van der Waals surface area contributed by atoms with Gasteiger partial charge in [0.05, 0.1) is 5.75 Å². The van der Waals surface area contributed by atoms with Crippen molar-refractivity contribution in [3.63, 3.8) is 0 Å². The van der Waals surface area contributed by atoms with E-state index in [0.717, 1.165) is 51.3 Å². The Balaban J connectivity index is 2.14. The molecule has 0 saturated carbocycles. The maximum Gasteiger partial charge on any atom is 0.232 e. The van der Waals surface area contributed by atoms with Gasteiger partial charge in [0.2, 0.25) is 5.91 Å². The Kier molecular flexibility index (Phi) is 6.80. The minimum absolute atomic E-state index is 0.278. The fourth-order valence-electron chi connectivity index (χ4n) is 1.53. The van der Waals surface area contributed by atoms with Gasteiger partial charge < -0.3 is 16.0 Å². The standard InChI is InChI=1S/C10H21N3OS/c11-3-1-8-15-9-10(14)13-6-2-4-12-5-7-13/h12H,1-9,11H2. The van der Waals surface area contributed by atoms with E-state index in [0.29, 0.717) is 5.75 Å². The predicted octanol–water partition coefficient (Wildman–Crippen LogP) is -0.110. The largest absolute Gasteiger partial charge is 0.341 e. The van der Waals surface area contributed by atoms with Gasteiger partial charge in [0.1, 0.15) is 0 Å². The summed E-state index contributed by atoms with van der Waals surface area (Å²) in [5.41, 5.74) is 5.39. The van der Waals surface area contributed by atoms with Gasteiger partial charge in [0.25, 0.3) is 0 Å². The van der Waals surface area contributed by atoms with E-state index in [-0.39, 0.29) is 5.91 Å². The molecule has 1 fully saturated rings. The van der Waals surface area contributed by atoms with Crippen LogP contribution in [0.1, 0.15) is 12.8 Å². The first-order valence-corrected chi connectivity index (χ1v) is 6.76. The molecule has 0 radical (unpaired) electrons. The lowest BCUT2D eigenvalue weighted by Crippen LogP contribution is -2.35. The topological polar surface area (TPSA) is 58.4 Å². The molecule has 0 aromatic carbocycles. The second-order valence-corrected chi connectivity index (χ2v) is 4.78. The lowest BCUT2D eigenvalue weighted by Gasteiger charge is -2.19. The summed E-state index contributed by atoms with van der Waals surface area (Å²) in [6.45, 7) is 4.44. The van der Waals surface area contributed by atoms with Crippen molar-refractivity contribution in [1.82, 2.24) is 10.2 Å². The third-order valence-corrected chi connectivity index (χ3v) is 3.44. The first-order valence-electron chi connectivity index (χ1n) is 5.61. The number of nitrogens with one attached hydrogen (secondary N) is 1. The van der Waals surface area contributed by atoms with Crippen LogP contribution in [0, 0.1) is 0 Å². The smallest absolute Gasteiger partial charge is 0.232 e. The molecule has 0 aromatic rings. The monoisotopic (exact) mass is 231 g/mol. The molecule has 1 heterocycles. The minimum atomic E-state index is 0.278. The number of nitrogens with zero attached hydrogens (tertiary/aromatic N) is 1. The number of thioether (sulfide) groups is 1. The maximum atomic E-state index is 11.8. The van der Waals surface area contributed by atoms with Crippen LogP contribution in [0.2, 0.25) is 0 Å². The highest BCUT2D eigenvalue weighted by molar-refractivity contribution is 7.99. The molecule has 0 atom stereocenters. The average Bonchev–Trinajstić information content (AvgIpc) is 2.52. The highest BCUT2D eigenvalue weighted by Gasteiger charge is 2.14. The number of hydrogen-bond acceptors (Lipinski definition) is 4. The number of rotatable bonds is 5. The zero-order valence-electron chi connectivity index (χ0n) is 9.21. The van der Waals surface area contributed by atoms with E-state index in [2.05, 4.69) is 5.32 Å². The summed E-state index contributed by atoms with van der Waals surface area (Å²) in [6.07, 6.45) is 2.07. The number of hydrogen-bond donors (Lipinski definition) is 2. The lowest BCUT2D eigenvalue weighted by molar-refractivity contribution is -0.128. The van der Waals surface area contributed by atoms with Gasteiger partial charge in [-0.1, -0.05) is 0 Å². The van der Waals surface area contributed by atoms with E-state index in [9.17, 15) is 4.79 Å². The maximum absolute atomic E-state index is 11.8. The van der Waals surface area contributed by atoms with E-state index in [1.54, 1.807) is 11.8 Å². The van der Waals surface area contributed by atoms with E-state index >= 15 is 0 Å². The molecule has 1 saturated heterocycles. The number of amides is 1. The Bertz CT molecular complexity index is 182. The summed E-state index contributed by atoms with van der Waals surface area (Å²) in [4.78, 5) is 13.7. The predicted molar refractivity (Wildman–Crippen MR) is 65.1 cm³/mol. The average molecular weight is 231 g/mol. The van der Waals surface area contributed by atoms with E-state index in [1.807, 2.05) is 4.90 Å². The van der Waals surface area contributed by atoms with Crippen LogP contribution in [0.4, 0.5) is 0 Å². The van der Waals surface area contributed by atoms with Crippen LogP contribution in [-0.4, -0.2) is 55.0 Å². The van der Waals surface area contributed by atoms with Crippen molar-refractivity contribution in [3.8, 4) is 0 Å². The normalized spacial score (nSPS) is 17.5. The van der Waals surface area contributed by atoms with Crippen LogP contribution < -0.4 is 11.1 Å². The molecule has 5 heteroatoms. The van der Waals surface area contributed by atoms with Crippen molar-refractivity contribution < 1.29 is 4.79 Å². The van der Waals surface area contributed by atoms with Crippen LogP contribution in [0.25, 0.3) is 0 Å². The van der Waals surface area contributed by atoms with Crippen LogP contribution in [0.5, 0.6) is 0 Å². The quantitative estimate of drug-likeness (QED) is 0.648. The van der Waals surface area contributed by atoms with Crippen molar-refractivity contribution in [3.05, 3.63) is 0 Å². The molecule has 1 aliphatic heterocycles. The molecule has 1 rings (SSSR count). The summed E-state index contributed by atoms with van der Waals surface area (Å²) in [5.74, 6) is 1.88. The summed E-state index contributed by atoms with van der Waals surface area (Å²) in [5, 5.41) is 3.29. The van der Waals surface area contributed by atoms with Gasteiger partial charge in [0.15, 0.2) is 0 Å². The zero-order valence-corrected chi connectivity index (χ0v) is 10.0. The molecular weight excluding hydrogens is 210 g/mol. The van der Waals surface area contributed by atoms with Crippen molar-refractivity contribution in [1.29, 1.82) is 0 Å². The summed E-state index contributed by atoms with van der Waals surface area (Å²) in [7, 11) is 0. The van der Waals surface area contributed by atoms with Gasteiger partial charge in [-0.25, -0.2) is 0 Å². The first-order chi connectivity index (χ1) is 7.34. The third kappa shape index (κ3) is 5.39. The highest BCUT2D eigenvalue weighted by Crippen LogP contribution is 2.05. The number of carbonyl (C=O) groups excluding carboxylic acids is 1. The van der Waals surface area contributed by atoms with E-state index < -0.39 is 0 Å². The SMILES string of the molecule is NCCCSCC(=O)N1CCCNCC1. The van der Waals surface area contributed by atoms with Crippen LogP contribution in [0.3, 0.4) is 0 Å². The van der Waals surface area contributed by atoms with Crippen molar-refractivity contribution in [2.45, 2.75) is 12.8 Å². The second-order valence-electron chi connectivity index (χ2n) is 3.68. The van der Waals surface area contributed by atoms with E-state index in [1.165, 1.54) is 0 Å². The van der Waals surface area contributed by atoms with Crippen molar-refractivity contribution >= 4 is 17.7 Å². The highest BCUT2D eigenvalue weighted by atomic mass is 32.2. The molecule has 3 N–H and O–H groups in total. The van der Waals surface area contributed by atoms with Crippen LogP contribution >= 0.6 is 11.8 Å². The summed E-state index contributed by atoms with van der Waals surface area (Å²) < 4.78 is 0. The fourth-order valence-corrected chi connectivity index (χ4v) is 2.40. The molecule has 0 bridgehead atoms. The molecule has 0 unspecified atom stereocenters. The zero-order chi connectivity index (χ0) is 10.9. The molecule has 1 aliphatic rings. The van der Waals surface area contributed by atoms with Gasteiger partial charge >= 0.3 is 0 Å². The van der Waals surface area contributed by atoms with Gasteiger partial charge in [-0.3, -0.25) is 4.79 Å². The molecule has 15 heavy (non-hydrogen) atoms. The van der Waals surface area contributed by atoms with Gasteiger partial charge in [-0.05, 0) is 31.7 Å². The molecule has 1 amide bonds. The summed E-state index contributed by atoms with van der Waals surface area (Å²) in [6, 6.07) is 0. The molecule has 4 nitrogen and oxygen atoms in total. The Hall–Kier alpha value is -0.260. The van der Waals surface area contributed by atoms with Crippen molar-refractivity contribution in [2.75, 3.05) is 44.2 Å². The molecule has 0 aliphatic carbocycles.